The quantitative estimate of drug-likeness (QED) is 0.284. The normalized spacial score (nSPS) is 22.8. The number of aromatic nitrogens is 1. The van der Waals surface area contributed by atoms with Crippen molar-refractivity contribution in [2.45, 2.75) is 75.6 Å². The molecule has 36 heavy (non-hydrogen) atoms. The average Bonchev–Trinajstić information content (AvgIpc) is 3.18. The monoisotopic (exact) mass is 514 g/mol. The Bertz CT molecular complexity index is 979. The van der Waals surface area contributed by atoms with E-state index in [9.17, 15) is 15.0 Å². The number of hydrogen-bond donors (Lipinski definition) is 2. The second-order valence-electron chi connectivity index (χ2n) is 10.5. The van der Waals surface area contributed by atoms with E-state index < -0.39 is 12.1 Å². The maximum Gasteiger partial charge on any atom is 0.308 e. The molecule has 2 aliphatic rings. The van der Waals surface area contributed by atoms with Crippen LogP contribution >= 0.6 is 11.8 Å². The Morgan fingerprint density at radius 1 is 1.19 bits per heavy atom. The summed E-state index contributed by atoms with van der Waals surface area (Å²) in [6.45, 7) is 2.57. The van der Waals surface area contributed by atoms with Gasteiger partial charge >= 0.3 is 5.97 Å². The second-order valence-corrected chi connectivity index (χ2v) is 11.9. The number of aliphatic hydroxyl groups excluding tert-OH is 1. The van der Waals surface area contributed by atoms with Crippen molar-refractivity contribution in [3.05, 3.63) is 36.0 Å². The summed E-state index contributed by atoms with van der Waals surface area (Å²) in [5, 5.41) is 22.7. The number of ether oxygens (including phenoxy) is 1. The molecule has 1 aliphatic carbocycles. The minimum atomic E-state index is -0.703. The molecule has 1 aromatic carbocycles. The van der Waals surface area contributed by atoms with Gasteiger partial charge in [-0.05, 0) is 93.1 Å². The van der Waals surface area contributed by atoms with E-state index >= 15 is 0 Å². The Labute approximate surface area is 219 Å². The summed E-state index contributed by atoms with van der Waals surface area (Å²) in [5.74, 6) is 0.936. The second kappa shape index (κ2) is 13.6. The molecule has 2 heterocycles. The van der Waals surface area contributed by atoms with Gasteiger partial charge in [0.05, 0.1) is 24.6 Å². The summed E-state index contributed by atoms with van der Waals surface area (Å²) in [5.41, 5.74) is 1.65. The van der Waals surface area contributed by atoms with Crippen LogP contribution in [0.1, 0.15) is 75.9 Å². The minimum absolute atomic E-state index is 0.0939. The van der Waals surface area contributed by atoms with Crippen LogP contribution in [0.4, 0.5) is 0 Å². The highest BCUT2D eigenvalue weighted by atomic mass is 32.2. The topological polar surface area (TPSA) is 82.9 Å². The molecule has 1 aliphatic heterocycles. The number of hydrogen-bond acceptors (Lipinski definition) is 6. The highest BCUT2D eigenvalue weighted by Gasteiger charge is 2.34. The van der Waals surface area contributed by atoms with Crippen LogP contribution in [0, 0.1) is 11.8 Å². The lowest BCUT2D eigenvalue weighted by Crippen LogP contribution is -2.44. The van der Waals surface area contributed by atoms with Crippen molar-refractivity contribution in [3.8, 4) is 5.75 Å². The van der Waals surface area contributed by atoms with E-state index in [1.54, 1.807) is 13.3 Å². The molecule has 1 saturated carbocycles. The van der Waals surface area contributed by atoms with Crippen LogP contribution in [0.25, 0.3) is 10.9 Å². The Balaban J connectivity index is 1.26. The summed E-state index contributed by atoms with van der Waals surface area (Å²) in [6, 6.07) is 7.53. The van der Waals surface area contributed by atoms with Crippen LogP contribution in [0.15, 0.2) is 30.5 Å². The van der Waals surface area contributed by atoms with Gasteiger partial charge in [-0.1, -0.05) is 25.7 Å². The number of carbonyl (C=O) groups is 1. The van der Waals surface area contributed by atoms with Crippen molar-refractivity contribution in [2.24, 2.45) is 11.8 Å². The molecule has 6 nitrogen and oxygen atoms in total. The van der Waals surface area contributed by atoms with Gasteiger partial charge in [-0.15, -0.1) is 0 Å². The summed E-state index contributed by atoms with van der Waals surface area (Å²) in [6.07, 6.45) is 12.6. The molecule has 2 fully saturated rings. The summed E-state index contributed by atoms with van der Waals surface area (Å²) in [4.78, 5) is 18.9. The molecule has 1 aromatic heterocycles. The van der Waals surface area contributed by atoms with E-state index in [0.29, 0.717) is 19.4 Å². The first kappa shape index (κ1) is 27.2. The number of likely N-dealkylation sites (tertiary alicyclic amines) is 1. The fraction of sp³-hybridized carbons (Fsp3) is 0.655. The zero-order chi connectivity index (χ0) is 25.3. The highest BCUT2D eigenvalue weighted by Crippen LogP contribution is 2.34. The number of methoxy groups -OCH3 is 1. The lowest BCUT2D eigenvalue weighted by atomic mass is 9.81. The third kappa shape index (κ3) is 7.36. The van der Waals surface area contributed by atoms with Gasteiger partial charge in [0.25, 0.3) is 0 Å². The molecule has 3 atom stereocenters. The van der Waals surface area contributed by atoms with Crippen molar-refractivity contribution >= 4 is 28.6 Å². The number of aliphatic carboxylic acids is 1. The smallest absolute Gasteiger partial charge is 0.308 e. The third-order valence-corrected chi connectivity index (χ3v) is 9.55. The fourth-order valence-electron chi connectivity index (χ4n) is 5.93. The molecule has 4 rings (SSSR count). The Morgan fingerprint density at radius 3 is 2.75 bits per heavy atom. The average molecular weight is 515 g/mol. The largest absolute Gasteiger partial charge is 0.497 e. The Kier molecular flexibility index (Phi) is 10.3. The van der Waals surface area contributed by atoms with Crippen molar-refractivity contribution in [1.29, 1.82) is 0 Å². The number of carboxylic acid groups (broad SMARTS) is 1. The number of thioether (sulfide) groups is 1. The van der Waals surface area contributed by atoms with E-state index in [2.05, 4.69) is 21.6 Å². The number of fused-ring (bicyclic) bond motifs is 1. The first-order valence-electron chi connectivity index (χ1n) is 13.7. The van der Waals surface area contributed by atoms with Crippen molar-refractivity contribution < 1.29 is 19.7 Å². The van der Waals surface area contributed by atoms with Gasteiger partial charge in [-0.25, -0.2) is 0 Å². The van der Waals surface area contributed by atoms with Gasteiger partial charge < -0.3 is 19.8 Å². The van der Waals surface area contributed by atoms with Crippen molar-refractivity contribution in [1.82, 2.24) is 9.88 Å². The first-order chi connectivity index (χ1) is 17.5. The van der Waals surface area contributed by atoms with Crippen molar-refractivity contribution in [2.75, 3.05) is 32.5 Å². The van der Waals surface area contributed by atoms with E-state index in [4.69, 9.17) is 4.74 Å². The standard InChI is InChI=1S/C29H42N2O4S/c1-35-22-10-11-27-25(19-22)24(13-15-30-27)28(32)12-9-21-14-17-31(20-26(21)29(33)34)16-6-18-36-23-7-4-2-3-5-8-23/h10-11,13,15,19,21,23,26,28,32H,2-9,12,14,16-18,20H2,1H3,(H,33,34)/t21-,26+,28+/m1/s1. The Hall–Kier alpha value is -1.83. The molecule has 1 saturated heterocycles. The molecule has 0 bridgehead atoms. The molecule has 0 radical (unpaired) electrons. The summed E-state index contributed by atoms with van der Waals surface area (Å²) >= 11 is 2.14. The number of pyridine rings is 1. The SMILES string of the molecule is COc1ccc2nccc([C@@H](O)CC[C@@H]3CCN(CCCSC4CCCCCC4)C[C@@H]3C(=O)O)c2c1. The van der Waals surface area contributed by atoms with E-state index in [0.717, 1.165) is 53.4 Å². The zero-order valence-electron chi connectivity index (χ0n) is 21.6. The molecule has 2 N–H and O–H groups in total. The molecule has 198 valence electrons. The summed E-state index contributed by atoms with van der Waals surface area (Å²) < 4.78 is 5.35. The maximum absolute atomic E-state index is 12.1. The van der Waals surface area contributed by atoms with Crippen molar-refractivity contribution in [3.63, 3.8) is 0 Å². The number of benzene rings is 1. The predicted molar refractivity (Wildman–Crippen MR) is 147 cm³/mol. The molecule has 2 aromatic rings. The molecule has 0 unspecified atom stereocenters. The van der Waals surface area contributed by atoms with Gasteiger partial charge in [0.1, 0.15) is 5.75 Å². The lowest BCUT2D eigenvalue weighted by Gasteiger charge is -2.37. The molecule has 0 spiro atoms. The van der Waals surface area contributed by atoms with E-state index in [1.165, 1.54) is 44.3 Å². The van der Waals surface area contributed by atoms with Crippen LogP contribution in [0.2, 0.25) is 0 Å². The number of carboxylic acids is 1. The molecular weight excluding hydrogens is 472 g/mol. The zero-order valence-corrected chi connectivity index (χ0v) is 22.4. The predicted octanol–water partition coefficient (Wildman–Crippen LogP) is 5.93. The van der Waals surface area contributed by atoms with Crippen LogP contribution in [-0.4, -0.2) is 63.8 Å². The van der Waals surface area contributed by atoms with Gasteiger partial charge in [0, 0.05) is 23.4 Å². The lowest BCUT2D eigenvalue weighted by molar-refractivity contribution is -0.146. The third-order valence-electron chi connectivity index (χ3n) is 8.08. The number of nitrogens with zero attached hydrogens (tertiary/aromatic N) is 2. The van der Waals surface area contributed by atoms with Gasteiger partial charge in [0.2, 0.25) is 0 Å². The van der Waals surface area contributed by atoms with Gasteiger partial charge in [-0.2, -0.15) is 11.8 Å². The minimum Gasteiger partial charge on any atom is -0.497 e. The molecule has 7 heteroatoms. The van der Waals surface area contributed by atoms with Crippen LogP contribution < -0.4 is 4.74 Å². The highest BCUT2D eigenvalue weighted by molar-refractivity contribution is 7.99. The maximum atomic E-state index is 12.1. The van der Waals surface area contributed by atoms with E-state index in [1.807, 2.05) is 24.3 Å². The summed E-state index contributed by atoms with van der Waals surface area (Å²) in [7, 11) is 1.63. The van der Waals surface area contributed by atoms with Crippen LogP contribution in [0.3, 0.4) is 0 Å². The van der Waals surface area contributed by atoms with Gasteiger partial charge in [-0.3, -0.25) is 9.78 Å². The van der Waals surface area contributed by atoms with Crippen LogP contribution in [-0.2, 0) is 4.79 Å². The number of rotatable bonds is 11. The van der Waals surface area contributed by atoms with Gasteiger partial charge in [0.15, 0.2) is 0 Å². The van der Waals surface area contributed by atoms with Crippen LogP contribution in [0.5, 0.6) is 5.75 Å². The van der Waals surface area contributed by atoms with E-state index in [-0.39, 0.29) is 11.8 Å². The first-order valence-corrected chi connectivity index (χ1v) is 14.8. The fourth-order valence-corrected chi connectivity index (χ4v) is 7.23. The molecule has 0 amide bonds. The number of piperidine rings is 1. The molecular formula is C29H42N2O4S. The Morgan fingerprint density at radius 2 is 2.00 bits per heavy atom. The number of aliphatic hydroxyl groups is 1.